The maximum atomic E-state index is 13.3. The van der Waals surface area contributed by atoms with Crippen LogP contribution in [0.3, 0.4) is 0 Å². The molecule has 1 atom stereocenters. The molecule has 0 aliphatic rings. The van der Waals surface area contributed by atoms with Crippen molar-refractivity contribution in [1.82, 2.24) is 9.97 Å². The van der Waals surface area contributed by atoms with Gasteiger partial charge in [0.15, 0.2) is 17.0 Å². The highest BCUT2D eigenvalue weighted by Gasteiger charge is 2.25. The van der Waals surface area contributed by atoms with Gasteiger partial charge in [-0.05, 0) is 42.0 Å². The summed E-state index contributed by atoms with van der Waals surface area (Å²) in [5, 5.41) is 10.9. The lowest BCUT2D eigenvalue weighted by Gasteiger charge is -2.11. The number of carbonyl (C=O) groups excluding carboxylic acids is 1. The quantitative estimate of drug-likeness (QED) is 0.235. The molecule has 0 saturated heterocycles. The van der Waals surface area contributed by atoms with Crippen molar-refractivity contribution in [3.63, 3.8) is 0 Å². The second-order valence-corrected chi connectivity index (χ2v) is 6.06. The number of Topliss-reactive ketones (excluding diaryl/α,β-unsaturated/α-hetero) is 1. The van der Waals surface area contributed by atoms with Gasteiger partial charge in [0.25, 0.3) is 0 Å². The number of nitriles is 1. The molecule has 144 valence electrons. The number of benzene rings is 2. The van der Waals surface area contributed by atoms with Crippen LogP contribution in [0.4, 0.5) is 0 Å². The number of thioether (sulfide) groups is 1. The van der Waals surface area contributed by atoms with Gasteiger partial charge in [-0.15, -0.1) is 4.91 Å². The number of hydrogen-bond acceptors (Lipinski definition) is 8. The highest BCUT2D eigenvalue weighted by molar-refractivity contribution is 7.98. The van der Waals surface area contributed by atoms with Gasteiger partial charge in [0.1, 0.15) is 12.4 Å². The van der Waals surface area contributed by atoms with Crippen molar-refractivity contribution in [2.75, 3.05) is 6.18 Å². The monoisotopic (exact) mass is 411 g/mol. The molecule has 1 unspecified atom stereocenters. The van der Waals surface area contributed by atoms with Crippen LogP contribution >= 0.6 is 11.8 Å². The fraction of sp³-hybridized carbons (Fsp3) is 0.143. The summed E-state index contributed by atoms with van der Waals surface area (Å²) < 4.78 is 60.2. The molecule has 1 aromatic heterocycles. The number of nitrogens with zero attached hydrogens (tertiary/aromatic N) is 4. The van der Waals surface area contributed by atoms with Gasteiger partial charge in [-0.25, -0.2) is 9.97 Å². The lowest BCUT2D eigenvalue weighted by atomic mass is 10.0. The molecule has 0 aliphatic carbocycles. The third-order valence-corrected chi connectivity index (χ3v) is 4.01. The molecule has 3 rings (SSSR count). The molecule has 0 N–H and O–H groups in total. The summed E-state index contributed by atoms with van der Waals surface area (Å²) in [6.07, 6.45) is -3.43. The molecule has 0 aliphatic heterocycles. The molecule has 8 heteroatoms. The largest absolute Gasteiger partial charge is 0.489 e. The van der Waals surface area contributed by atoms with Crippen molar-refractivity contribution in [3.05, 3.63) is 88.0 Å². The van der Waals surface area contributed by atoms with Crippen LogP contribution in [-0.2, 0) is 6.61 Å². The molecule has 0 saturated carbocycles. The lowest BCUT2D eigenvalue weighted by Crippen LogP contribution is -2.13. The van der Waals surface area contributed by atoms with Crippen LogP contribution in [0.2, 0.25) is 0 Å². The smallest absolute Gasteiger partial charge is 0.197 e. The minimum absolute atomic E-state index is 0.00608. The number of carbonyl (C=O) groups is 1. The highest BCUT2D eigenvalue weighted by Crippen LogP contribution is 2.24. The normalized spacial score (nSPS) is 16.3. The summed E-state index contributed by atoms with van der Waals surface area (Å²) in [5.74, 6) is -1.37. The van der Waals surface area contributed by atoms with Crippen LogP contribution in [-0.4, -0.2) is 21.9 Å². The number of ketones is 1. The Hall–Kier alpha value is -3.57. The number of ether oxygens (including phenoxy) is 1. The molecule has 1 heterocycles. The topological polar surface area (TPSA) is 105 Å². The van der Waals surface area contributed by atoms with Gasteiger partial charge in [-0.3, -0.25) is 4.79 Å². The SMILES string of the molecule is [2H]c1nc(SC([2H])([2H])[2H])nc(C([2H])(N=O)C(=O)c2cccc(OCc3ccc(C#N)cc3)c2[2H])c1[2H]. The second kappa shape index (κ2) is 9.57. The Morgan fingerprint density at radius 3 is 2.97 bits per heavy atom. The van der Waals surface area contributed by atoms with Gasteiger partial charge in [0, 0.05) is 15.8 Å². The third kappa shape index (κ3) is 5.03. The minimum Gasteiger partial charge on any atom is -0.489 e. The van der Waals surface area contributed by atoms with E-state index in [1.807, 2.05) is 6.07 Å². The first-order chi connectivity index (χ1) is 16.9. The van der Waals surface area contributed by atoms with Crippen molar-refractivity contribution in [3.8, 4) is 11.8 Å². The second-order valence-electron chi connectivity index (χ2n) is 5.49. The molecule has 3 aromatic rings. The maximum Gasteiger partial charge on any atom is 0.197 e. The van der Waals surface area contributed by atoms with Crippen molar-refractivity contribution in [2.24, 2.45) is 5.18 Å². The lowest BCUT2D eigenvalue weighted by molar-refractivity contribution is 0.0959. The van der Waals surface area contributed by atoms with Gasteiger partial charge in [0.05, 0.1) is 22.8 Å². The molecule has 2 aromatic carbocycles. The van der Waals surface area contributed by atoms with E-state index in [0.717, 1.165) is 6.07 Å². The van der Waals surface area contributed by atoms with E-state index in [2.05, 4.69) is 15.1 Å². The molecule has 0 spiro atoms. The molecule has 0 amide bonds. The zero-order valence-corrected chi connectivity index (χ0v) is 15.5. The van der Waals surface area contributed by atoms with Crippen LogP contribution in [0.1, 0.15) is 42.8 Å². The Balaban J connectivity index is 1.97. The predicted molar refractivity (Wildman–Crippen MR) is 109 cm³/mol. The average molecular weight is 411 g/mol. The van der Waals surface area contributed by atoms with Crippen LogP contribution < -0.4 is 4.74 Å². The van der Waals surface area contributed by atoms with Crippen LogP contribution in [0.5, 0.6) is 5.75 Å². The zero-order valence-electron chi connectivity index (χ0n) is 21.7. The van der Waals surface area contributed by atoms with Gasteiger partial charge in [-0.2, -0.15) is 5.26 Å². The summed E-state index contributed by atoms with van der Waals surface area (Å²) >= 11 is 0.146. The van der Waals surface area contributed by atoms with Crippen molar-refractivity contribution < 1.29 is 19.1 Å². The highest BCUT2D eigenvalue weighted by atomic mass is 32.2. The van der Waals surface area contributed by atoms with E-state index in [1.165, 1.54) is 12.1 Å². The molecule has 0 bridgehead atoms. The van der Waals surface area contributed by atoms with E-state index in [0.29, 0.717) is 11.1 Å². The fourth-order valence-corrected chi connectivity index (χ4v) is 2.48. The number of nitroso groups, excluding NO2 is 1. The van der Waals surface area contributed by atoms with E-state index >= 15 is 0 Å². The Morgan fingerprint density at radius 1 is 1.41 bits per heavy atom. The number of hydrogen-bond donors (Lipinski definition) is 0. The Morgan fingerprint density at radius 2 is 2.24 bits per heavy atom. The summed E-state index contributed by atoms with van der Waals surface area (Å²) in [6, 6.07) is 7.98. The van der Waals surface area contributed by atoms with Gasteiger partial charge < -0.3 is 4.74 Å². The van der Waals surface area contributed by atoms with Gasteiger partial charge in [0.2, 0.25) is 0 Å². The summed E-state index contributed by atoms with van der Waals surface area (Å²) in [6.45, 7) is -0.00608. The Bertz CT molecular complexity index is 1360. The van der Waals surface area contributed by atoms with Crippen LogP contribution in [0.25, 0.3) is 0 Å². The number of aromatic nitrogens is 2. The van der Waals surface area contributed by atoms with E-state index in [4.69, 9.17) is 19.6 Å². The van der Waals surface area contributed by atoms with Crippen molar-refractivity contribution in [1.29, 1.82) is 5.26 Å². The standard InChI is InChI=1S/C21H16N4O3S/c1-29-21-23-10-9-18(24-21)19(25-27)20(26)16-3-2-4-17(11-16)28-13-15-7-5-14(12-22)6-8-15/h2-11,19H,13H2,1H3/i1D3,9D,10D,11D,19D. The first kappa shape index (κ1) is 12.8. The predicted octanol–water partition coefficient (Wildman–Crippen LogP) is 4.34. The molecule has 0 radical (unpaired) electrons. The molecule has 7 nitrogen and oxygen atoms in total. The van der Waals surface area contributed by atoms with Crippen molar-refractivity contribution >= 4 is 17.5 Å². The molecule has 29 heavy (non-hydrogen) atoms. The van der Waals surface area contributed by atoms with Crippen molar-refractivity contribution in [2.45, 2.75) is 17.8 Å². The maximum absolute atomic E-state index is 13.3. The van der Waals surface area contributed by atoms with E-state index in [9.17, 15) is 9.70 Å². The molecular weight excluding hydrogens is 388 g/mol. The van der Waals surface area contributed by atoms with E-state index < -0.39 is 52.7 Å². The summed E-state index contributed by atoms with van der Waals surface area (Å²) in [4.78, 5) is 32.3. The Kier molecular flexibility index (Phi) is 4.23. The first-order valence-electron chi connectivity index (χ1n) is 11.5. The molecular formula is C21H16N4O3S. The number of rotatable bonds is 8. The average Bonchev–Trinajstić information content (AvgIpc) is 2.84. The van der Waals surface area contributed by atoms with E-state index in [-0.39, 0.29) is 24.1 Å². The minimum atomic E-state index is -3.10. The van der Waals surface area contributed by atoms with Crippen LogP contribution in [0.15, 0.2) is 71.1 Å². The van der Waals surface area contributed by atoms with Crippen LogP contribution in [0, 0.1) is 16.2 Å². The van der Waals surface area contributed by atoms with E-state index in [1.54, 1.807) is 24.3 Å². The molecule has 0 fully saturated rings. The summed E-state index contributed by atoms with van der Waals surface area (Å²) in [7, 11) is 0. The Labute approximate surface area is 181 Å². The fourth-order valence-electron chi connectivity index (χ4n) is 2.26. The zero-order chi connectivity index (χ0) is 26.7. The summed E-state index contributed by atoms with van der Waals surface area (Å²) in [5.41, 5.74) is -0.180. The van der Waals surface area contributed by atoms with Gasteiger partial charge >= 0.3 is 0 Å². The van der Waals surface area contributed by atoms with Gasteiger partial charge in [-0.1, -0.05) is 41.2 Å². The first-order valence-corrected chi connectivity index (χ1v) is 8.86. The third-order valence-electron chi connectivity index (χ3n) is 3.65.